The highest BCUT2D eigenvalue weighted by Gasteiger charge is 2.04. The molecule has 0 aromatic heterocycles. The van der Waals surface area contributed by atoms with Crippen LogP contribution in [0.5, 0.6) is 0 Å². The van der Waals surface area contributed by atoms with E-state index >= 15 is 0 Å². The molecule has 0 aromatic rings. The Labute approximate surface area is 108 Å². The molecule has 2 amide bonds. The molecule has 0 aliphatic carbocycles. The summed E-state index contributed by atoms with van der Waals surface area (Å²) in [5.74, 6) is -0.482. The lowest BCUT2D eigenvalue weighted by Gasteiger charge is -2.12. The van der Waals surface area contributed by atoms with Gasteiger partial charge in [-0.2, -0.15) is 0 Å². The lowest BCUT2D eigenvalue weighted by Crippen LogP contribution is -2.38. The highest BCUT2D eigenvalue weighted by atomic mass is 16.5. The van der Waals surface area contributed by atoms with Crippen LogP contribution in [0.15, 0.2) is 0 Å². The number of rotatable bonds is 10. The van der Waals surface area contributed by atoms with Crippen molar-refractivity contribution in [2.45, 2.75) is 32.6 Å². The number of amides is 2. The Kier molecular flexibility index (Phi) is 10.0. The summed E-state index contributed by atoms with van der Waals surface area (Å²) in [7, 11) is 1.63. The number of nitrogens with one attached hydrogen (secondary N) is 2. The maximum absolute atomic E-state index is 11.3. The van der Waals surface area contributed by atoms with Crippen LogP contribution in [0.2, 0.25) is 0 Å². The topological polar surface area (TPSA) is 87.7 Å². The fraction of sp³-hybridized carbons (Fsp3) is 0.833. The maximum atomic E-state index is 11.3. The van der Waals surface area contributed by atoms with Crippen LogP contribution in [-0.2, 0) is 9.53 Å². The van der Waals surface area contributed by atoms with E-state index in [1.165, 1.54) is 0 Å². The highest BCUT2D eigenvalue weighted by Crippen LogP contribution is 1.98. The van der Waals surface area contributed by atoms with Gasteiger partial charge in [0.05, 0.1) is 6.61 Å². The number of aliphatic carboxylic acids is 1. The van der Waals surface area contributed by atoms with Crippen LogP contribution in [0, 0.1) is 5.92 Å². The Morgan fingerprint density at radius 3 is 2.56 bits per heavy atom. The van der Waals surface area contributed by atoms with Gasteiger partial charge in [0.25, 0.3) is 0 Å². The van der Waals surface area contributed by atoms with Crippen LogP contribution in [0.3, 0.4) is 0 Å². The Bertz CT molecular complexity index is 246. The third kappa shape index (κ3) is 11.2. The van der Waals surface area contributed by atoms with Crippen molar-refractivity contribution in [3.8, 4) is 0 Å². The van der Waals surface area contributed by atoms with E-state index in [9.17, 15) is 9.59 Å². The summed E-state index contributed by atoms with van der Waals surface area (Å²) in [6, 6.07) is -0.184. The molecule has 0 bridgehead atoms. The minimum absolute atomic E-state index is 0.184. The smallest absolute Gasteiger partial charge is 0.314 e. The van der Waals surface area contributed by atoms with E-state index in [4.69, 9.17) is 9.84 Å². The molecule has 1 atom stereocenters. The molecule has 6 nitrogen and oxygen atoms in total. The van der Waals surface area contributed by atoms with Gasteiger partial charge >= 0.3 is 12.0 Å². The standard InChI is InChI=1S/C12H24N2O4/c1-10(9-18-2)8-14-12(17)13-7-5-3-4-6-11(15)16/h10H,3-9H2,1-2H3,(H,15,16)(H2,13,14,17). The molecule has 0 radical (unpaired) electrons. The second-order valence-electron chi connectivity index (χ2n) is 4.40. The molecule has 6 heteroatoms. The molecular formula is C12H24N2O4. The Balaban J connectivity index is 3.34. The summed E-state index contributed by atoms with van der Waals surface area (Å²) in [5, 5.41) is 13.9. The molecule has 0 heterocycles. The van der Waals surface area contributed by atoms with Gasteiger partial charge in [-0.1, -0.05) is 13.3 Å². The third-order valence-corrected chi connectivity index (χ3v) is 2.42. The van der Waals surface area contributed by atoms with Gasteiger partial charge in [-0.05, 0) is 18.8 Å². The summed E-state index contributed by atoms with van der Waals surface area (Å²) in [4.78, 5) is 21.6. The first-order valence-corrected chi connectivity index (χ1v) is 6.28. The predicted molar refractivity (Wildman–Crippen MR) is 68.5 cm³/mol. The number of carboxylic acid groups (broad SMARTS) is 1. The molecule has 0 aliphatic rings. The fourth-order valence-corrected chi connectivity index (χ4v) is 1.45. The van der Waals surface area contributed by atoms with E-state index in [1.807, 2.05) is 6.92 Å². The lowest BCUT2D eigenvalue weighted by molar-refractivity contribution is -0.137. The normalized spacial score (nSPS) is 11.9. The van der Waals surface area contributed by atoms with Gasteiger partial charge in [-0.15, -0.1) is 0 Å². The monoisotopic (exact) mass is 260 g/mol. The molecule has 1 unspecified atom stereocenters. The van der Waals surface area contributed by atoms with Gasteiger partial charge in [-0.25, -0.2) is 4.79 Å². The number of ether oxygens (including phenoxy) is 1. The average Bonchev–Trinajstić information content (AvgIpc) is 2.31. The molecule has 0 aliphatic heterocycles. The zero-order chi connectivity index (χ0) is 13.8. The first kappa shape index (κ1) is 16.7. The second kappa shape index (κ2) is 10.8. The van der Waals surface area contributed by atoms with Crippen molar-refractivity contribution in [3.05, 3.63) is 0 Å². The average molecular weight is 260 g/mol. The van der Waals surface area contributed by atoms with E-state index in [0.29, 0.717) is 26.1 Å². The number of hydrogen-bond acceptors (Lipinski definition) is 3. The first-order valence-electron chi connectivity index (χ1n) is 6.28. The number of carboxylic acids is 1. The third-order valence-electron chi connectivity index (χ3n) is 2.42. The molecule has 3 N–H and O–H groups in total. The summed E-state index contributed by atoms with van der Waals surface area (Å²) in [6.45, 7) is 3.77. The van der Waals surface area contributed by atoms with E-state index in [0.717, 1.165) is 12.8 Å². The van der Waals surface area contributed by atoms with Crippen molar-refractivity contribution in [1.29, 1.82) is 0 Å². The van der Waals surface area contributed by atoms with Gasteiger partial charge in [0.15, 0.2) is 0 Å². The number of methoxy groups -OCH3 is 1. The molecule has 0 aromatic carbocycles. The Morgan fingerprint density at radius 1 is 1.22 bits per heavy atom. The zero-order valence-electron chi connectivity index (χ0n) is 11.2. The number of carbonyl (C=O) groups is 2. The number of urea groups is 1. The number of carbonyl (C=O) groups excluding carboxylic acids is 1. The van der Waals surface area contributed by atoms with Crippen LogP contribution in [0.25, 0.3) is 0 Å². The van der Waals surface area contributed by atoms with Crippen LogP contribution in [0.4, 0.5) is 4.79 Å². The fourth-order valence-electron chi connectivity index (χ4n) is 1.45. The van der Waals surface area contributed by atoms with E-state index in [2.05, 4.69) is 10.6 Å². The van der Waals surface area contributed by atoms with Crippen LogP contribution in [0.1, 0.15) is 32.6 Å². The van der Waals surface area contributed by atoms with Crippen molar-refractivity contribution < 1.29 is 19.4 Å². The predicted octanol–water partition coefficient (Wildman–Crippen LogP) is 1.21. The van der Waals surface area contributed by atoms with Gasteiger partial charge in [0.1, 0.15) is 0 Å². The Morgan fingerprint density at radius 2 is 1.94 bits per heavy atom. The van der Waals surface area contributed by atoms with Gasteiger partial charge in [0.2, 0.25) is 0 Å². The van der Waals surface area contributed by atoms with Crippen LogP contribution >= 0.6 is 0 Å². The largest absolute Gasteiger partial charge is 0.481 e. The van der Waals surface area contributed by atoms with Gasteiger partial charge in [0, 0.05) is 26.6 Å². The summed E-state index contributed by atoms with van der Waals surface area (Å²) in [5.41, 5.74) is 0. The molecule has 0 fully saturated rings. The zero-order valence-corrected chi connectivity index (χ0v) is 11.2. The van der Waals surface area contributed by atoms with E-state index in [1.54, 1.807) is 7.11 Å². The van der Waals surface area contributed by atoms with Crippen molar-refractivity contribution in [2.75, 3.05) is 26.8 Å². The summed E-state index contributed by atoms with van der Waals surface area (Å²) < 4.78 is 4.96. The minimum Gasteiger partial charge on any atom is -0.481 e. The van der Waals surface area contributed by atoms with Crippen molar-refractivity contribution in [2.24, 2.45) is 5.92 Å². The van der Waals surface area contributed by atoms with E-state index < -0.39 is 5.97 Å². The molecule has 18 heavy (non-hydrogen) atoms. The molecule has 0 saturated heterocycles. The first-order chi connectivity index (χ1) is 8.56. The lowest BCUT2D eigenvalue weighted by atomic mass is 10.2. The van der Waals surface area contributed by atoms with Crippen LogP contribution < -0.4 is 10.6 Å². The molecular weight excluding hydrogens is 236 g/mol. The Hall–Kier alpha value is -1.30. The highest BCUT2D eigenvalue weighted by molar-refractivity contribution is 5.73. The molecule has 106 valence electrons. The summed E-state index contributed by atoms with van der Waals surface area (Å²) >= 11 is 0. The van der Waals surface area contributed by atoms with Gasteiger partial charge in [-0.3, -0.25) is 4.79 Å². The molecule has 0 spiro atoms. The SMILES string of the molecule is COCC(C)CNC(=O)NCCCCCC(=O)O. The number of hydrogen-bond donors (Lipinski definition) is 3. The summed E-state index contributed by atoms with van der Waals surface area (Å²) in [6.07, 6.45) is 2.46. The number of unbranched alkanes of at least 4 members (excludes halogenated alkanes) is 2. The quantitative estimate of drug-likeness (QED) is 0.515. The maximum Gasteiger partial charge on any atom is 0.314 e. The minimum atomic E-state index is -0.771. The van der Waals surface area contributed by atoms with Crippen molar-refractivity contribution in [3.63, 3.8) is 0 Å². The van der Waals surface area contributed by atoms with Crippen LogP contribution in [-0.4, -0.2) is 43.9 Å². The van der Waals surface area contributed by atoms with E-state index in [-0.39, 0.29) is 18.4 Å². The molecule has 0 rings (SSSR count). The van der Waals surface area contributed by atoms with Crippen molar-refractivity contribution in [1.82, 2.24) is 10.6 Å². The molecule has 0 saturated carbocycles. The van der Waals surface area contributed by atoms with Gasteiger partial charge < -0.3 is 20.5 Å². The van der Waals surface area contributed by atoms with Crippen molar-refractivity contribution >= 4 is 12.0 Å². The second-order valence-corrected chi connectivity index (χ2v) is 4.40.